The lowest BCUT2D eigenvalue weighted by Gasteiger charge is -2.10. The minimum atomic E-state index is 0. The molecule has 0 fully saturated rings. The number of pyridine rings is 1. The van der Waals surface area contributed by atoms with Gasteiger partial charge in [-0.1, -0.05) is 11.6 Å². The van der Waals surface area contributed by atoms with Crippen molar-refractivity contribution in [2.75, 3.05) is 6.54 Å². The molecule has 1 aromatic heterocycles. The van der Waals surface area contributed by atoms with Crippen molar-refractivity contribution in [1.29, 1.82) is 0 Å². The van der Waals surface area contributed by atoms with Crippen LogP contribution in [0.4, 0.5) is 0 Å². The van der Waals surface area contributed by atoms with E-state index < -0.39 is 0 Å². The van der Waals surface area contributed by atoms with Gasteiger partial charge in [0.2, 0.25) is 0 Å². The predicted octanol–water partition coefficient (Wildman–Crippen LogP) is 2.40. The zero-order valence-electron chi connectivity index (χ0n) is 8.14. The van der Waals surface area contributed by atoms with Crippen molar-refractivity contribution in [3.05, 3.63) is 23.0 Å². The third-order valence-corrected chi connectivity index (χ3v) is 2.54. The maximum atomic E-state index is 5.79. The van der Waals surface area contributed by atoms with Gasteiger partial charge in [0.15, 0.2) is 0 Å². The van der Waals surface area contributed by atoms with Crippen molar-refractivity contribution in [1.82, 2.24) is 4.98 Å². The average molecular weight is 272 g/mol. The fourth-order valence-electron chi connectivity index (χ4n) is 1.61. The van der Waals surface area contributed by atoms with Gasteiger partial charge in [-0.15, -0.1) is 24.8 Å². The van der Waals surface area contributed by atoms with Gasteiger partial charge in [0.25, 0.3) is 0 Å². The molecule has 2 heterocycles. The largest absolute Gasteiger partial charge is 0.488 e. The summed E-state index contributed by atoms with van der Waals surface area (Å²) >= 11 is 5.79. The van der Waals surface area contributed by atoms with E-state index in [-0.39, 0.29) is 36.8 Å². The fourth-order valence-corrected chi connectivity index (χ4v) is 1.76. The molecule has 0 spiro atoms. The van der Waals surface area contributed by atoms with E-state index in [1.807, 2.05) is 6.92 Å². The van der Waals surface area contributed by atoms with Crippen LogP contribution in [0.5, 0.6) is 5.75 Å². The Labute approximate surface area is 106 Å². The van der Waals surface area contributed by atoms with Gasteiger partial charge in [0.1, 0.15) is 11.9 Å². The van der Waals surface area contributed by atoms with Crippen molar-refractivity contribution in [3.63, 3.8) is 0 Å². The second-order valence-corrected chi connectivity index (χ2v) is 3.64. The zero-order valence-corrected chi connectivity index (χ0v) is 10.5. The molecule has 0 amide bonds. The molecule has 0 aliphatic carbocycles. The number of nitrogens with two attached hydrogens (primary N) is 1. The molecule has 0 radical (unpaired) electrons. The molecule has 2 atom stereocenters. The van der Waals surface area contributed by atoms with Crippen LogP contribution in [0.1, 0.15) is 18.5 Å². The summed E-state index contributed by atoms with van der Waals surface area (Å²) in [6.07, 6.45) is 1.73. The van der Waals surface area contributed by atoms with E-state index in [1.54, 1.807) is 12.3 Å². The Balaban J connectivity index is 0.000000980. The van der Waals surface area contributed by atoms with Gasteiger partial charge >= 0.3 is 0 Å². The van der Waals surface area contributed by atoms with Crippen molar-refractivity contribution in [2.24, 2.45) is 5.73 Å². The van der Waals surface area contributed by atoms with Crippen LogP contribution in [0.3, 0.4) is 0 Å². The molecule has 0 saturated carbocycles. The minimum Gasteiger partial charge on any atom is -0.488 e. The van der Waals surface area contributed by atoms with E-state index >= 15 is 0 Å². The van der Waals surface area contributed by atoms with Crippen LogP contribution in [0.2, 0.25) is 5.02 Å². The molecule has 0 saturated heterocycles. The van der Waals surface area contributed by atoms with Crippen LogP contribution >= 0.6 is 36.4 Å². The highest BCUT2D eigenvalue weighted by Crippen LogP contribution is 2.36. The van der Waals surface area contributed by atoms with Crippen molar-refractivity contribution in [2.45, 2.75) is 18.9 Å². The Hall–Kier alpha value is -0.220. The number of aromatic nitrogens is 1. The monoisotopic (exact) mass is 270 g/mol. The summed E-state index contributed by atoms with van der Waals surface area (Å²) in [6, 6.07) is 1.79. The summed E-state index contributed by atoms with van der Waals surface area (Å²) in [5, 5.41) is 0.601. The van der Waals surface area contributed by atoms with Crippen LogP contribution in [0, 0.1) is 0 Å². The Bertz CT molecular complexity index is 335. The van der Waals surface area contributed by atoms with E-state index in [2.05, 4.69) is 4.98 Å². The number of ether oxygens (including phenoxy) is 1. The van der Waals surface area contributed by atoms with E-state index in [0.29, 0.717) is 11.6 Å². The summed E-state index contributed by atoms with van der Waals surface area (Å²) in [5.41, 5.74) is 6.55. The van der Waals surface area contributed by atoms with Gasteiger partial charge in [-0.2, -0.15) is 0 Å². The number of hydrogen-bond acceptors (Lipinski definition) is 3. The third kappa shape index (κ3) is 2.67. The molecule has 2 N–H and O–H groups in total. The minimum absolute atomic E-state index is 0. The number of halogens is 3. The highest BCUT2D eigenvalue weighted by Gasteiger charge is 2.31. The average Bonchev–Trinajstić information content (AvgIpc) is 2.39. The topological polar surface area (TPSA) is 48.1 Å². The Morgan fingerprint density at radius 2 is 2.20 bits per heavy atom. The van der Waals surface area contributed by atoms with Crippen LogP contribution in [-0.2, 0) is 0 Å². The predicted molar refractivity (Wildman–Crippen MR) is 65.6 cm³/mol. The molecule has 2 rings (SSSR count). The summed E-state index contributed by atoms with van der Waals surface area (Å²) in [5.74, 6) is 0.975. The molecular formula is C9H13Cl3N2O. The van der Waals surface area contributed by atoms with Crippen molar-refractivity contribution < 1.29 is 4.74 Å². The molecule has 3 nitrogen and oxygen atoms in total. The lowest BCUT2D eigenvalue weighted by molar-refractivity contribution is 0.228. The van der Waals surface area contributed by atoms with Gasteiger partial charge in [-0.3, -0.25) is 4.98 Å². The Morgan fingerprint density at radius 1 is 1.53 bits per heavy atom. The zero-order chi connectivity index (χ0) is 9.42. The molecule has 0 aromatic carbocycles. The second-order valence-electron chi connectivity index (χ2n) is 3.20. The van der Waals surface area contributed by atoms with Gasteiger partial charge in [0.05, 0.1) is 16.6 Å². The molecule has 1 aliphatic rings. The highest BCUT2D eigenvalue weighted by atomic mass is 35.5. The lowest BCUT2D eigenvalue weighted by Crippen LogP contribution is -2.22. The Kier molecular flexibility index (Phi) is 5.67. The van der Waals surface area contributed by atoms with E-state index in [4.69, 9.17) is 22.1 Å². The molecule has 15 heavy (non-hydrogen) atoms. The summed E-state index contributed by atoms with van der Waals surface area (Å²) in [7, 11) is 0. The molecule has 6 heteroatoms. The first-order valence-electron chi connectivity index (χ1n) is 4.24. The van der Waals surface area contributed by atoms with Crippen LogP contribution in [-0.4, -0.2) is 17.6 Å². The number of rotatable bonds is 1. The smallest absolute Gasteiger partial charge is 0.143 e. The van der Waals surface area contributed by atoms with Crippen LogP contribution in [0.15, 0.2) is 12.3 Å². The second kappa shape index (κ2) is 5.75. The number of nitrogens with zero attached hydrogens (tertiary/aromatic N) is 1. The first kappa shape index (κ1) is 14.8. The van der Waals surface area contributed by atoms with Crippen LogP contribution in [0.25, 0.3) is 0 Å². The normalized spacial score (nSPS) is 22.1. The lowest BCUT2D eigenvalue weighted by atomic mass is 10.0. The van der Waals surface area contributed by atoms with Crippen molar-refractivity contribution >= 4 is 36.4 Å². The van der Waals surface area contributed by atoms with Crippen molar-refractivity contribution in [3.8, 4) is 5.75 Å². The Morgan fingerprint density at radius 3 is 2.80 bits per heavy atom. The first-order valence-corrected chi connectivity index (χ1v) is 4.62. The summed E-state index contributed by atoms with van der Waals surface area (Å²) in [4.78, 5) is 4.22. The summed E-state index contributed by atoms with van der Waals surface area (Å²) in [6.45, 7) is 2.55. The summed E-state index contributed by atoms with van der Waals surface area (Å²) < 4.78 is 5.56. The van der Waals surface area contributed by atoms with E-state index in [0.717, 1.165) is 11.4 Å². The SMILES string of the molecule is C[C@H]1Oc2cc(Cl)cnc2[C@@H]1CN.Cl.Cl. The standard InChI is InChI=1S/C9H11ClN2O.2ClH/c1-5-7(3-11)9-8(13-5)2-6(10)4-12-9;;/h2,4-5,7H,3,11H2,1H3;2*1H/t5-,7-;;/m1../s1. The fraction of sp³-hybridized carbons (Fsp3) is 0.444. The molecule has 1 aromatic rings. The van der Waals surface area contributed by atoms with Gasteiger partial charge in [-0.25, -0.2) is 0 Å². The first-order chi connectivity index (χ1) is 6.22. The molecule has 0 unspecified atom stereocenters. The maximum Gasteiger partial charge on any atom is 0.143 e. The molecular weight excluding hydrogens is 258 g/mol. The van der Waals surface area contributed by atoms with E-state index in [1.165, 1.54) is 0 Å². The van der Waals surface area contributed by atoms with Gasteiger partial charge in [-0.05, 0) is 6.92 Å². The number of fused-ring (bicyclic) bond motifs is 1. The molecule has 1 aliphatic heterocycles. The van der Waals surface area contributed by atoms with Crippen LogP contribution < -0.4 is 10.5 Å². The van der Waals surface area contributed by atoms with Gasteiger partial charge < -0.3 is 10.5 Å². The van der Waals surface area contributed by atoms with E-state index in [9.17, 15) is 0 Å². The molecule has 0 bridgehead atoms. The number of hydrogen-bond donors (Lipinski definition) is 1. The molecule has 86 valence electrons. The highest BCUT2D eigenvalue weighted by molar-refractivity contribution is 6.30. The maximum absolute atomic E-state index is 5.79. The quantitative estimate of drug-likeness (QED) is 0.853. The van der Waals surface area contributed by atoms with Gasteiger partial charge in [0, 0.05) is 18.8 Å². The third-order valence-electron chi connectivity index (χ3n) is 2.33.